The minimum atomic E-state index is -0.759. The van der Waals surface area contributed by atoms with Crippen molar-refractivity contribution in [3.8, 4) is 17.2 Å². The number of aryl methyl sites for hydroxylation is 1. The average Bonchev–Trinajstić information content (AvgIpc) is 3.26. The lowest BCUT2D eigenvalue weighted by Gasteiger charge is -2.26. The number of aliphatic hydroxyl groups excluding tert-OH is 1. The number of hydrogen-bond donors (Lipinski definition) is 2. The van der Waals surface area contributed by atoms with E-state index >= 15 is 0 Å². The van der Waals surface area contributed by atoms with Crippen molar-refractivity contribution >= 4 is 17.4 Å². The molecule has 1 aliphatic rings. The van der Waals surface area contributed by atoms with Gasteiger partial charge < -0.3 is 24.4 Å². The van der Waals surface area contributed by atoms with E-state index in [1.807, 2.05) is 106 Å². The van der Waals surface area contributed by atoms with E-state index in [2.05, 4.69) is 0 Å². The van der Waals surface area contributed by atoms with E-state index in [0.29, 0.717) is 47.9 Å². The summed E-state index contributed by atoms with van der Waals surface area (Å²) >= 11 is 0. The Labute approximate surface area is 252 Å². The van der Waals surface area contributed by atoms with E-state index in [-0.39, 0.29) is 11.3 Å². The Balaban J connectivity index is 1.49. The molecule has 0 radical (unpaired) electrons. The van der Waals surface area contributed by atoms with Gasteiger partial charge >= 0.3 is 0 Å². The zero-order valence-corrected chi connectivity index (χ0v) is 24.7. The summed E-state index contributed by atoms with van der Waals surface area (Å²) in [5, 5.41) is 11.6. The molecule has 220 valence electrons. The third-order valence-corrected chi connectivity index (χ3v) is 7.45. The molecule has 0 spiro atoms. The number of carbonyl (C=O) groups excluding carboxylic acids is 2. The summed E-state index contributed by atoms with van der Waals surface area (Å²) in [6.45, 7) is 3.51. The Morgan fingerprint density at radius 2 is 1.56 bits per heavy atom. The molecule has 0 saturated carbocycles. The molecule has 1 heterocycles. The van der Waals surface area contributed by atoms with E-state index in [4.69, 9.17) is 9.47 Å². The van der Waals surface area contributed by atoms with Crippen LogP contribution in [0.15, 0.2) is 109 Å². The molecule has 4 aromatic carbocycles. The van der Waals surface area contributed by atoms with E-state index in [9.17, 15) is 14.7 Å². The van der Waals surface area contributed by atoms with Gasteiger partial charge in [0.05, 0.1) is 32.3 Å². The minimum absolute atomic E-state index is 0.0661. The third kappa shape index (κ3) is 6.96. The number of rotatable bonds is 11. The number of amides is 1. The first-order valence-corrected chi connectivity index (χ1v) is 14.5. The highest BCUT2D eigenvalue weighted by Crippen LogP contribution is 2.41. The second-order valence-corrected chi connectivity index (χ2v) is 11.0. The molecule has 1 aliphatic heterocycles. The highest BCUT2D eigenvalue weighted by molar-refractivity contribution is 6.46. The number of likely N-dealkylation sites (tertiary alicyclic amines) is 1. The van der Waals surface area contributed by atoms with E-state index in [0.717, 1.165) is 17.7 Å². The summed E-state index contributed by atoms with van der Waals surface area (Å²) in [7, 11) is 4.09. The predicted molar refractivity (Wildman–Crippen MR) is 166 cm³/mol. The van der Waals surface area contributed by atoms with Crippen LogP contribution in [0.2, 0.25) is 0 Å². The molecule has 0 bridgehead atoms. The second kappa shape index (κ2) is 13.4. The van der Waals surface area contributed by atoms with Gasteiger partial charge in [-0.15, -0.1) is 0 Å². The van der Waals surface area contributed by atoms with Crippen LogP contribution in [0.5, 0.6) is 17.2 Å². The Morgan fingerprint density at radius 3 is 2.26 bits per heavy atom. The molecule has 1 atom stereocenters. The molecule has 5 rings (SSSR count). The number of ketones is 1. The lowest BCUT2D eigenvalue weighted by molar-refractivity contribution is -0.858. The van der Waals surface area contributed by atoms with Crippen LogP contribution in [0.1, 0.15) is 34.7 Å². The van der Waals surface area contributed by atoms with Crippen LogP contribution < -0.4 is 14.4 Å². The molecule has 0 aliphatic carbocycles. The van der Waals surface area contributed by atoms with Crippen LogP contribution in [-0.2, 0) is 16.2 Å². The van der Waals surface area contributed by atoms with Crippen LogP contribution in [-0.4, -0.2) is 48.9 Å². The van der Waals surface area contributed by atoms with E-state index in [1.165, 1.54) is 4.90 Å². The van der Waals surface area contributed by atoms with E-state index < -0.39 is 17.7 Å². The molecule has 2 N–H and O–H groups in total. The molecule has 7 nitrogen and oxygen atoms in total. The summed E-state index contributed by atoms with van der Waals surface area (Å²) in [4.78, 5) is 29.7. The van der Waals surface area contributed by atoms with Crippen molar-refractivity contribution < 1.29 is 29.1 Å². The number of para-hydroxylation sites is 1. The van der Waals surface area contributed by atoms with Gasteiger partial charge in [0.2, 0.25) is 0 Å². The Hall–Kier alpha value is -4.88. The summed E-state index contributed by atoms with van der Waals surface area (Å²) in [6, 6.07) is 31.2. The lowest BCUT2D eigenvalue weighted by Crippen LogP contribution is -3.05. The molecule has 43 heavy (non-hydrogen) atoms. The topological polar surface area (TPSA) is 80.5 Å². The lowest BCUT2D eigenvalue weighted by atomic mass is 9.94. The number of Topliss-reactive ketones (excluding diaryl/α,β-unsaturated/α-hetero) is 1. The molecule has 1 amide bonds. The zero-order valence-electron chi connectivity index (χ0n) is 24.7. The van der Waals surface area contributed by atoms with E-state index in [1.54, 1.807) is 23.1 Å². The average molecular weight is 578 g/mol. The molecular formula is C36H37N2O5+. The molecule has 7 heteroatoms. The minimum Gasteiger partial charge on any atom is -0.507 e. The van der Waals surface area contributed by atoms with Crippen molar-refractivity contribution in [3.63, 3.8) is 0 Å². The molecule has 1 saturated heterocycles. The zero-order chi connectivity index (χ0) is 30.3. The summed E-state index contributed by atoms with van der Waals surface area (Å²) < 4.78 is 12.1. The standard InChI is InChI=1S/C36H36N2O5/c1-25-22-28(18-19-31(25)42-24-26-12-6-4-7-13-26)34(39)32-33(38(36(41)35(32)40)21-11-20-37(2)3)27-14-10-17-30(23-27)43-29-15-8-5-9-16-29/h4-10,12-19,22-23,33,39H,11,20-21,24H2,1-3H3/p+1/t33-/m0/s1. The maximum atomic E-state index is 13.5. The van der Waals surface area contributed by atoms with Gasteiger partial charge in [0.1, 0.15) is 29.6 Å². The largest absolute Gasteiger partial charge is 0.507 e. The quantitative estimate of drug-likeness (QED) is 0.143. The van der Waals surface area contributed by atoms with Crippen molar-refractivity contribution in [1.82, 2.24) is 4.90 Å². The maximum Gasteiger partial charge on any atom is 0.295 e. The van der Waals surface area contributed by atoms with Crippen LogP contribution in [0.3, 0.4) is 0 Å². The molecular weight excluding hydrogens is 540 g/mol. The van der Waals surface area contributed by atoms with Crippen LogP contribution in [0, 0.1) is 6.92 Å². The Bertz CT molecular complexity index is 1620. The Morgan fingerprint density at radius 1 is 0.860 bits per heavy atom. The number of aliphatic hydroxyl groups is 1. The van der Waals surface area contributed by atoms with Crippen molar-refractivity contribution in [1.29, 1.82) is 0 Å². The highest BCUT2D eigenvalue weighted by Gasteiger charge is 2.46. The molecule has 1 fully saturated rings. The second-order valence-electron chi connectivity index (χ2n) is 11.0. The number of carbonyl (C=O) groups is 2. The fraction of sp³-hybridized carbons (Fsp3) is 0.222. The fourth-order valence-electron chi connectivity index (χ4n) is 5.28. The van der Waals surface area contributed by atoms with Gasteiger partial charge in [0.25, 0.3) is 11.7 Å². The first-order chi connectivity index (χ1) is 20.8. The number of hydrogen-bond acceptors (Lipinski definition) is 5. The number of ether oxygens (including phenoxy) is 2. The number of benzene rings is 4. The van der Waals surface area contributed by atoms with Gasteiger partial charge in [-0.25, -0.2) is 0 Å². The normalized spacial score (nSPS) is 16.1. The van der Waals surface area contributed by atoms with Gasteiger partial charge in [-0.1, -0.05) is 60.7 Å². The van der Waals surface area contributed by atoms with Gasteiger partial charge in [-0.3, -0.25) is 9.59 Å². The van der Waals surface area contributed by atoms with Gasteiger partial charge in [0.15, 0.2) is 0 Å². The first kappa shape index (κ1) is 29.6. The highest BCUT2D eigenvalue weighted by atomic mass is 16.5. The summed E-state index contributed by atoms with van der Waals surface area (Å²) in [5.74, 6) is 0.395. The SMILES string of the molecule is Cc1cc(C(O)=C2C(=O)C(=O)N(CCC[NH+](C)C)[C@H]2c2cccc(Oc3ccccc3)c2)ccc1OCc1ccccc1. The summed E-state index contributed by atoms with van der Waals surface area (Å²) in [6.07, 6.45) is 0.707. The predicted octanol–water partition coefficient (Wildman–Crippen LogP) is 5.32. The van der Waals surface area contributed by atoms with Crippen molar-refractivity contribution in [3.05, 3.63) is 131 Å². The number of nitrogens with zero attached hydrogens (tertiary/aromatic N) is 1. The van der Waals surface area contributed by atoms with Crippen LogP contribution in [0.25, 0.3) is 5.76 Å². The van der Waals surface area contributed by atoms with Gasteiger partial charge in [0, 0.05) is 18.5 Å². The van der Waals surface area contributed by atoms with Crippen molar-refractivity contribution in [2.75, 3.05) is 27.2 Å². The van der Waals surface area contributed by atoms with Crippen LogP contribution in [0.4, 0.5) is 0 Å². The van der Waals surface area contributed by atoms with Gasteiger partial charge in [-0.05, 0) is 66.1 Å². The first-order valence-electron chi connectivity index (χ1n) is 14.5. The third-order valence-electron chi connectivity index (χ3n) is 7.45. The van der Waals surface area contributed by atoms with Crippen molar-refractivity contribution in [2.24, 2.45) is 0 Å². The molecule has 4 aromatic rings. The monoisotopic (exact) mass is 577 g/mol. The van der Waals surface area contributed by atoms with Gasteiger partial charge in [-0.2, -0.15) is 0 Å². The van der Waals surface area contributed by atoms with Crippen LogP contribution >= 0.6 is 0 Å². The molecule has 0 unspecified atom stereocenters. The number of nitrogens with one attached hydrogen (secondary N) is 1. The fourth-order valence-corrected chi connectivity index (χ4v) is 5.28. The Kier molecular flexibility index (Phi) is 9.23. The smallest absolute Gasteiger partial charge is 0.295 e. The van der Waals surface area contributed by atoms with Crippen molar-refractivity contribution in [2.45, 2.75) is 26.0 Å². The molecule has 0 aromatic heterocycles. The maximum absolute atomic E-state index is 13.5. The summed E-state index contributed by atoms with van der Waals surface area (Å²) in [5.41, 5.74) is 3.05. The number of quaternary nitrogens is 1.